The van der Waals surface area contributed by atoms with Gasteiger partial charge in [-0.25, -0.2) is 4.98 Å². The molecule has 1 aliphatic rings. The monoisotopic (exact) mass is 372 g/mol. The quantitative estimate of drug-likeness (QED) is 0.516. The average Bonchev–Trinajstić information content (AvgIpc) is 2.60. The molecule has 1 saturated carbocycles. The largest absolute Gasteiger partial charge is 0.487 e. The Labute approximate surface area is 161 Å². The lowest BCUT2D eigenvalue weighted by atomic mass is 9.92. The second kappa shape index (κ2) is 9.71. The van der Waals surface area contributed by atoms with Gasteiger partial charge in [0.2, 0.25) is 0 Å². The molecule has 0 amide bonds. The SMILES string of the molecule is COC1CC(Oc2cnc(C#CC(C)(C)OCCOC(C)C)cc2C#N)C1. The standard InChI is InChI=1S/C21H28N2O4/c1-15(2)25-8-9-26-21(3,4)7-6-17-10-16(13-22)20(14-23-17)27-19-11-18(12-19)24-5/h10,14-15,18-19H,8-9,11-12H2,1-5H3. The van der Waals surface area contributed by atoms with Gasteiger partial charge in [-0.1, -0.05) is 5.92 Å². The maximum atomic E-state index is 9.39. The molecule has 1 heterocycles. The summed E-state index contributed by atoms with van der Waals surface area (Å²) in [6.45, 7) is 8.74. The number of pyridine rings is 1. The van der Waals surface area contributed by atoms with E-state index in [-0.39, 0.29) is 18.3 Å². The van der Waals surface area contributed by atoms with E-state index in [4.69, 9.17) is 18.9 Å². The minimum atomic E-state index is -0.634. The van der Waals surface area contributed by atoms with Crippen molar-refractivity contribution in [2.45, 2.75) is 64.4 Å². The van der Waals surface area contributed by atoms with Gasteiger partial charge in [0.15, 0.2) is 5.75 Å². The van der Waals surface area contributed by atoms with Gasteiger partial charge in [0, 0.05) is 20.0 Å². The van der Waals surface area contributed by atoms with E-state index < -0.39 is 5.60 Å². The van der Waals surface area contributed by atoms with Crippen molar-refractivity contribution in [2.24, 2.45) is 0 Å². The third-order valence-corrected chi connectivity index (χ3v) is 4.16. The van der Waals surface area contributed by atoms with Crippen LogP contribution in [0, 0.1) is 23.2 Å². The minimum Gasteiger partial charge on any atom is -0.487 e. The molecule has 2 rings (SSSR count). The first kappa shape index (κ1) is 21.2. The van der Waals surface area contributed by atoms with Crippen molar-refractivity contribution in [3.63, 3.8) is 0 Å². The molecule has 1 aromatic heterocycles. The number of nitriles is 1. The van der Waals surface area contributed by atoms with E-state index in [2.05, 4.69) is 22.9 Å². The van der Waals surface area contributed by atoms with Crippen molar-refractivity contribution in [2.75, 3.05) is 20.3 Å². The number of hydrogen-bond donors (Lipinski definition) is 0. The summed E-state index contributed by atoms with van der Waals surface area (Å²) in [5.74, 6) is 6.52. The van der Waals surface area contributed by atoms with E-state index in [1.54, 1.807) is 19.4 Å². The van der Waals surface area contributed by atoms with Gasteiger partial charge in [0.05, 0.1) is 37.2 Å². The predicted octanol–water partition coefficient (Wildman–Crippen LogP) is 3.08. The van der Waals surface area contributed by atoms with Crippen molar-refractivity contribution in [1.82, 2.24) is 4.98 Å². The zero-order valence-corrected chi connectivity index (χ0v) is 16.7. The van der Waals surface area contributed by atoms with Crippen LogP contribution in [0.15, 0.2) is 12.3 Å². The molecule has 0 saturated heterocycles. The molecule has 1 fully saturated rings. The maximum absolute atomic E-state index is 9.39. The lowest BCUT2D eigenvalue weighted by molar-refractivity contribution is -0.0383. The molecule has 146 valence electrons. The van der Waals surface area contributed by atoms with Crippen molar-refractivity contribution >= 4 is 0 Å². The Bertz CT molecular complexity index is 722. The topological polar surface area (TPSA) is 73.6 Å². The van der Waals surface area contributed by atoms with E-state index in [1.165, 1.54) is 0 Å². The van der Waals surface area contributed by atoms with E-state index >= 15 is 0 Å². The summed E-state index contributed by atoms with van der Waals surface area (Å²) in [6, 6.07) is 3.80. The third kappa shape index (κ3) is 6.84. The molecule has 0 atom stereocenters. The molecule has 1 aromatic rings. The second-order valence-corrected chi connectivity index (χ2v) is 7.27. The van der Waals surface area contributed by atoms with Crippen LogP contribution < -0.4 is 4.74 Å². The number of nitrogens with zero attached hydrogens (tertiary/aromatic N) is 2. The molecule has 1 aliphatic carbocycles. The number of aromatic nitrogens is 1. The summed E-state index contributed by atoms with van der Waals surface area (Å²) < 4.78 is 22.3. The second-order valence-electron chi connectivity index (χ2n) is 7.27. The summed E-state index contributed by atoms with van der Waals surface area (Å²) in [5, 5.41) is 9.39. The molecule has 0 spiro atoms. The molecule has 27 heavy (non-hydrogen) atoms. The van der Waals surface area contributed by atoms with Crippen LogP contribution in [-0.2, 0) is 14.2 Å². The fraction of sp³-hybridized carbons (Fsp3) is 0.619. The Hall–Kier alpha value is -2.12. The summed E-state index contributed by atoms with van der Waals surface area (Å²) >= 11 is 0. The molecule has 0 aliphatic heterocycles. The number of rotatable bonds is 8. The third-order valence-electron chi connectivity index (χ3n) is 4.16. The van der Waals surface area contributed by atoms with E-state index in [0.29, 0.717) is 30.2 Å². The Balaban J connectivity index is 1.95. The number of methoxy groups -OCH3 is 1. The van der Waals surface area contributed by atoms with E-state index in [0.717, 1.165) is 12.8 Å². The predicted molar refractivity (Wildman–Crippen MR) is 101 cm³/mol. The van der Waals surface area contributed by atoms with Crippen LogP contribution in [0.5, 0.6) is 5.75 Å². The molecular weight excluding hydrogens is 344 g/mol. The van der Waals surface area contributed by atoms with Crippen LogP contribution in [-0.4, -0.2) is 49.2 Å². The van der Waals surface area contributed by atoms with Crippen LogP contribution in [0.3, 0.4) is 0 Å². The Kier molecular flexibility index (Phi) is 7.62. The highest BCUT2D eigenvalue weighted by Crippen LogP contribution is 2.29. The fourth-order valence-corrected chi connectivity index (χ4v) is 2.51. The summed E-state index contributed by atoms with van der Waals surface area (Å²) in [7, 11) is 1.69. The smallest absolute Gasteiger partial charge is 0.155 e. The number of hydrogen-bond acceptors (Lipinski definition) is 6. The molecule has 0 N–H and O–H groups in total. The molecule has 6 nitrogen and oxygen atoms in total. The highest BCUT2D eigenvalue weighted by Gasteiger charge is 2.31. The van der Waals surface area contributed by atoms with Crippen LogP contribution in [0.25, 0.3) is 0 Å². The molecule has 0 aromatic carbocycles. The Morgan fingerprint density at radius 1 is 1.26 bits per heavy atom. The highest BCUT2D eigenvalue weighted by molar-refractivity contribution is 5.46. The first-order chi connectivity index (χ1) is 12.8. The normalized spacial score (nSPS) is 19.0. The summed E-state index contributed by atoms with van der Waals surface area (Å²) in [5.41, 5.74) is 0.307. The lowest BCUT2D eigenvalue weighted by Crippen LogP contribution is -2.39. The molecule has 6 heteroatoms. The van der Waals surface area contributed by atoms with Crippen LogP contribution in [0.2, 0.25) is 0 Å². The van der Waals surface area contributed by atoms with Crippen molar-refractivity contribution in [3.05, 3.63) is 23.5 Å². The Morgan fingerprint density at radius 2 is 2.00 bits per heavy atom. The highest BCUT2D eigenvalue weighted by atomic mass is 16.5. The van der Waals surface area contributed by atoms with Crippen molar-refractivity contribution < 1.29 is 18.9 Å². The number of ether oxygens (including phenoxy) is 4. The lowest BCUT2D eigenvalue weighted by Gasteiger charge is -2.34. The summed E-state index contributed by atoms with van der Waals surface area (Å²) in [6.07, 6.45) is 3.71. The van der Waals surface area contributed by atoms with Gasteiger partial charge in [0.1, 0.15) is 23.5 Å². The first-order valence-electron chi connectivity index (χ1n) is 9.21. The van der Waals surface area contributed by atoms with Gasteiger partial charge < -0.3 is 18.9 Å². The van der Waals surface area contributed by atoms with Crippen molar-refractivity contribution in [3.8, 4) is 23.7 Å². The molecule has 0 radical (unpaired) electrons. The van der Waals surface area contributed by atoms with Gasteiger partial charge in [-0.2, -0.15) is 5.26 Å². The molecule has 0 unspecified atom stereocenters. The Morgan fingerprint density at radius 3 is 2.63 bits per heavy atom. The van der Waals surface area contributed by atoms with E-state index in [1.807, 2.05) is 27.7 Å². The van der Waals surface area contributed by atoms with Gasteiger partial charge in [-0.15, -0.1) is 0 Å². The maximum Gasteiger partial charge on any atom is 0.155 e. The zero-order chi connectivity index (χ0) is 19.9. The van der Waals surface area contributed by atoms with Crippen molar-refractivity contribution in [1.29, 1.82) is 5.26 Å². The van der Waals surface area contributed by atoms with Crippen LogP contribution >= 0.6 is 0 Å². The van der Waals surface area contributed by atoms with Crippen LogP contribution in [0.4, 0.5) is 0 Å². The fourth-order valence-electron chi connectivity index (χ4n) is 2.51. The minimum absolute atomic E-state index is 0.0705. The average molecular weight is 372 g/mol. The molecular formula is C21H28N2O4. The van der Waals surface area contributed by atoms with Gasteiger partial charge in [-0.3, -0.25) is 0 Å². The zero-order valence-electron chi connectivity index (χ0n) is 16.7. The van der Waals surface area contributed by atoms with Gasteiger partial charge in [0.25, 0.3) is 0 Å². The van der Waals surface area contributed by atoms with Crippen LogP contribution in [0.1, 0.15) is 51.8 Å². The van der Waals surface area contributed by atoms with Gasteiger partial charge >= 0.3 is 0 Å². The summed E-state index contributed by atoms with van der Waals surface area (Å²) in [4.78, 5) is 4.30. The molecule has 0 bridgehead atoms. The van der Waals surface area contributed by atoms with Gasteiger partial charge in [-0.05, 0) is 39.7 Å². The van der Waals surface area contributed by atoms with E-state index in [9.17, 15) is 5.26 Å². The first-order valence-corrected chi connectivity index (χ1v) is 9.21.